The zero-order valence-corrected chi connectivity index (χ0v) is 16.3. The highest BCUT2D eigenvalue weighted by molar-refractivity contribution is 6.35. The number of halogens is 3. The van der Waals surface area contributed by atoms with Crippen molar-refractivity contribution in [2.75, 3.05) is 13.2 Å². The molecule has 0 aliphatic heterocycles. The minimum Gasteiger partial charge on any atom is -0.492 e. The van der Waals surface area contributed by atoms with Gasteiger partial charge < -0.3 is 15.0 Å². The molecule has 0 aliphatic rings. The van der Waals surface area contributed by atoms with E-state index in [1.165, 1.54) is 16.5 Å². The van der Waals surface area contributed by atoms with Crippen molar-refractivity contribution in [3.8, 4) is 5.75 Å². The fourth-order valence-corrected chi connectivity index (χ4v) is 3.43. The van der Waals surface area contributed by atoms with Gasteiger partial charge in [0.2, 0.25) is 0 Å². The maximum Gasteiger partial charge on any atom is 0.142 e. The first kappa shape index (κ1) is 19.9. The minimum atomic E-state index is 0. The number of para-hydroxylation sites is 1. The number of fused-ring (bicyclic) bond motifs is 1. The van der Waals surface area contributed by atoms with Crippen LogP contribution in [0.15, 0.2) is 42.6 Å². The molecule has 1 aromatic heterocycles. The van der Waals surface area contributed by atoms with E-state index in [4.69, 9.17) is 27.9 Å². The largest absolute Gasteiger partial charge is 0.492 e. The van der Waals surface area contributed by atoms with Crippen LogP contribution in [0.25, 0.3) is 10.9 Å². The summed E-state index contributed by atoms with van der Waals surface area (Å²) in [5.74, 6) is 0.711. The Hall–Kier alpha value is -1.39. The third-order valence-corrected chi connectivity index (χ3v) is 4.43. The molecule has 25 heavy (non-hydrogen) atoms. The van der Waals surface area contributed by atoms with E-state index in [-0.39, 0.29) is 12.4 Å². The van der Waals surface area contributed by atoms with Gasteiger partial charge in [0.05, 0.1) is 11.6 Å². The number of aromatic nitrogens is 1. The van der Waals surface area contributed by atoms with Crippen molar-refractivity contribution in [1.29, 1.82) is 0 Å². The van der Waals surface area contributed by atoms with Crippen LogP contribution >= 0.6 is 35.6 Å². The number of benzene rings is 2. The van der Waals surface area contributed by atoms with E-state index in [1.54, 1.807) is 6.07 Å². The van der Waals surface area contributed by atoms with Gasteiger partial charge in [-0.15, -0.1) is 12.4 Å². The van der Waals surface area contributed by atoms with Crippen LogP contribution in [0, 0.1) is 0 Å². The van der Waals surface area contributed by atoms with E-state index >= 15 is 0 Å². The molecule has 0 radical (unpaired) electrons. The molecule has 0 saturated carbocycles. The molecule has 0 fully saturated rings. The Morgan fingerprint density at radius 2 is 1.92 bits per heavy atom. The third-order valence-electron chi connectivity index (χ3n) is 3.94. The van der Waals surface area contributed by atoms with Crippen LogP contribution in [-0.2, 0) is 13.0 Å². The summed E-state index contributed by atoms with van der Waals surface area (Å²) in [5.41, 5.74) is 3.47. The van der Waals surface area contributed by atoms with E-state index in [2.05, 4.69) is 34.7 Å². The van der Waals surface area contributed by atoms with E-state index in [9.17, 15) is 0 Å². The van der Waals surface area contributed by atoms with Gasteiger partial charge in [0, 0.05) is 34.2 Å². The molecule has 0 saturated heterocycles. The molecule has 2 N–H and O–H groups in total. The first-order valence-corrected chi connectivity index (χ1v) is 8.81. The first-order valence-electron chi connectivity index (χ1n) is 8.05. The summed E-state index contributed by atoms with van der Waals surface area (Å²) in [4.78, 5) is 3.30. The maximum atomic E-state index is 6.23. The smallest absolute Gasteiger partial charge is 0.142 e. The van der Waals surface area contributed by atoms with Crippen LogP contribution in [0.2, 0.25) is 10.0 Å². The lowest BCUT2D eigenvalue weighted by atomic mass is 10.1. The predicted molar refractivity (Wildman–Crippen MR) is 109 cm³/mol. The van der Waals surface area contributed by atoms with Crippen molar-refractivity contribution in [1.82, 2.24) is 10.3 Å². The lowest BCUT2D eigenvalue weighted by Crippen LogP contribution is -2.17. The average Bonchev–Trinajstić information content (AvgIpc) is 2.98. The van der Waals surface area contributed by atoms with Crippen LogP contribution in [0.1, 0.15) is 18.1 Å². The topological polar surface area (TPSA) is 37.0 Å². The van der Waals surface area contributed by atoms with Crippen LogP contribution in [0.5, 0.6) is 5.75 Å². The summed E-state index contributed by atoms with van der Waals surface area (Å²) in [6.07, 6.45) is 3.02. The monoisotopic (exact) mass is 398 g/mol. The zero-order valence-electron chi connectivity index (χ0n) is 13.9. The second-order valence-corrected chi connectivity index (χ2v) is 6.44. The molecule has 6 heteroatoms. The fraction of sp³-hybridized carbons (Fsp3) is 0.263. The molecule has 0 atom stereocenters. The Bertz CT molecular complexity index is 833. The lowest BCUT2D eigenvalue weighted by molar-refractivity contribution is 0.336. The highest BCUT2D eigenvalue weighted by atomic mass is 35.5. The van der Waals surface area contributed by atoms with Gasteiger partial charge in [0.1, 0.15) is 5.75 Å². The summed E-state index contributed by atoms with van der Waals surface area (Å²) in [7, 11) is 0. The summed E-state index contributed by atoms with van der Waals surface area (Å²) in [5, 5.41) is 5.90. The number of hydrogen-bond acceptors (Lipinski definition) is 2. The maximum absolute atomic E-state index is 6.23. The van der Waals surface area contributed by atoms with Gasteiger partial charge in [-0.2, -0.15) is 0 Å². The van der Waals surface area contributed by atoms with Crippen molar-refractivity contribution in [3.63, 3.8) is 0 Å². The summed E-state index contributed by atoms with van der Waals surface area (Å²) < 4.78 is 5.65. The average molecular weight is 400 g/mol. The van der Waals surface area contributed by atoms with Crippen molar-refractivity contribution in [3.05, 3.63) is 63.8 Å². The molecule has 0 aliphatic carbocycles. The second kappa shape index (κ2) is 9.35. The highest BCUT2D eigenvalue weighted by Crippen LogP contribution is 2.32. The molecule has 3 rings (SSSR count). The summed E-state index contributed by atoms with van der Waals surface area (Å²) >= 11 is 12.3. The van der Waals surface area contributed by atoms with Crippen molar-refractivity contribution < 1.29 is 4.74 Å². The molecular formula is C19H21Cl3N2O. The second-order valence-electron chi connectivity index (χ2n) is 5.60. The van der Waals surface area contributed by atoms with Crippen molar-refractivity contribution in [2.24, 2.45) is 0 Å². The summed E-state index contributed by atoms with van der Waals surface area (Å²) in [6, 6.07) is 12.0. The molecule has 0 unspecified atom stereocenters. The molecule has 3 nitrogen and oxygen atoms in total. The van der Waals surface area contributed by atoms with E-state index < -0.39 is 0 Å². The summed E-state index contributed by atoms with van der Waals surface area (Å²) in [6.45, 7) is 4.04. The Kier molecular flexibility index (Phi) is 7.45. The van der Waals surface area contributed by atoms with Gasteiger partial charge in [0.15, 0.2) is 0 Å². The highest BCUT2D eigenvalue weighted by Gasteiger charge is 2.10. The van der Waals surface area contributed by atoms with Gasteiger partial charge >= 0.3 is 0 Å². The standard InChI is InChI=1S/C19H20Cl2N2O.ClH/c1-2-24-19-14(9-15(20)10-17(19)21)11-22-8-7-13-12-23-18-6-4-3-5-16(13)18;/h3-6,9-10,12,22-23H,2,7-8,11H2,1H3;1H. The van der Waals surface area contributed by atoms with E-state index in [1.807, 2.05) is 19.1 Å². The van der Waals surface area contributed by atoms with Crippen LogP contribution in [-0.4, -0.2) is 18.1 Å². The SMILES string of the molecule is CCOc1c(Cl)cc(Cl)cc1CNCCc1c[nH]c2ccccc12.Cl. The third kappa shape index (κ3) is 4.83. The normalized spacial score (nSPS) is 10.7. The van der Waals surface area contributed by atoms with Gasteiger partial charge in [-0.25, -0.2) is 0 Å². The number of H-pyrrole nitrogens is 1. The van der Waals surface area contributed by atoms with E-state index in [0.29, 0.717) is 28.9 Å². The van der Waals surface area contributed by atoms with Crippen LogP contribution in [0.4, 0.5) is 0 Å². The molecular weight excluding hydrogens is 379 g/mol. The van der Waals surface area contributed by atoms with Gasteiger partial charge in [0.25, 0.3) is 0 Å². The number of aromatic amines is 1. The Morgan fingerprint density at radius 1 is 1.12 bits per heavy atom. The molecule has 0 amide bonds. The molecule has 2 aromatic carbocycles. The number of rotatable bonds is 7. The minimum absolute atomic E-state index is 0. The number of ether oxygens (including phenoxy) is 1. The predicted octanol–water partition coefficient (Wildman–Crippen LogP) is 5.63. The van der Waals surface area contributed by atoms with Crippen LogP contribution in [0.3, 0.4) is 0 Å². The Labute approximate surface area is 164 Å². The molecule has 0 bridgehead atoms. The molecule has 134 valence electrons. The molecule has 3 aromatic rings. The van der Waals surface area contributed by atoms with Gasteiger partial charge in [-0.1, -0.05) is 41.4 Å². The van der Waals surface area contributed by atoms with Gasteiger partial charge in [-0.3, -0.25) is 0 Å². The first-order chi connectivity index (χ1) is 11.7. The Balaban J connectivity index is 0.00000225. The van der Waals surface area contributed by atoms with Crippen molar-refractivity contribution in [2.45, 2.75) is 19.9 Å². The van der Waals surface area contributed by atoms with Crippen LogP contribution < -0.4 is 10.1 Å². The molecule has 0 spiro atoms. The van der Waals surface area contributed by atoms with Crippen molar-refractivity contribution >= 4 is 46.5 Å². The fourth-order valence-electron chi connectivity index (χ4n) is 2.84. The Morgan fingerprint density at radius 3 is 2.72 bits per heavy atom. The molecule has 1 heterocycles. The lowest BCUT2D eigenvalue weighted by Gasteiger charge is -2.13. The zero-order chi connectivity index (χ0) is 16.9. The number of hydrogen-bond donors (Lipinski definition) is 2. The number of nitrogens with one attached hydrogen (secondary N) is 2. The van der Waals surface area contributed by atoms with Gasteiger partial charge in [-0.05, 0) is 43.7 Å². The van der Waals surface area contributed by atoms with E-state index in [0.717, 1.165) is 18.5 Å². The quantitative estimate of drug-likeness (QED) is 0.505.